The van der Waals surface area contributed by atoms with Crippen molar-refractivity contribution in [1.29, 1.82) is 0 Å². The van der Waals surface area contributed by atoms with Crippen LogP contribution in [0.25, 0.3) is 17.0 Å². The summed E-state index contributed by atoms with van der Waals surface area (Å²) in [7, 11) is 0. The summed E-state index contributed by atoms with van der Waals surface area (Å²) in [6.45, 7) is 9.16. The number of imidazole rings is 1. The molecule has 40 heavy (non-hydrogen) atoms. The van der Waals surface area contributed by atoms with E-state index in [9.17, 15) is 4.39 Å². The molecule has 3 fully saturated rings. The van der Waals surface area contributed by atoms with Crippen molar-refractivity contribution < 1.29 is 9.13 Å². The lowest BCUT2D eigenvalue weighted by molar-refractivity contribution is -0.0779. The quantitative estimate of drug-likeness (QED) is 0.354. The minimum Gasteiger partial charge on any atom is -0.373 e. The van der Waals surface area contributed by atoms with Crippen LogP contribution >= 0.6 is 0 Å². The van der Waals surface area contributed by atoms with Crippen molar-refractivity contribution >= 4 is 17.3 Å². The molecule has 3 aliphatic heterocycles. The average molecular weight is 542 g/mol. The first-order valence-corrected chi connectivity index (χ1v) is 14.5. The third-order valence-electron chi connectivity index (χ3n) is 8.58. The molecule has 6 heterocycles. The second-order valence-corrected chi connectivity index (χ2v) is 11.5. The van der Waals surface area contributed by atoms with Crippen molar-refractivity contribution in [3.05, 3.63) is 72.2 Å². The zero-order valence-corrected chi connectivity index (χ0v) is 23.2. The lowest BCUT2D eigenvalue weighted by atomic mass is 10.0. The van der Waals surface area contributed by atoms with Crippen molar-refractivity contribution in [3.63, 3.8) is 0 Å². The number of aromatic nitrogens is 4. The standard InChI is InChI=1S/C31H36FN7O/c1-21-18-37(19-22(2)40-21)25-13-15-36(20-25)30-10-4-8-26(34-30)28-17-33-29-11-12-31(35-39(28)29)38-14-5-9-27(38)23-6-3-7-24(32)16-23/h3-4,6-8,10-12,16-17,21-22,25,27H,5,9,13-15,18-20H2,1-2H3/t21-,22+,25?,27?. The summed E-state index contributed by atoms with van der Waals surface area (Å²) in [6.07, 6.45) is 5.56. The van der Waals surface area contributed by atoms with E-state index in [1.807, 2.05) is 35.0 Å². The first-order valence-electron chi connectivity index (χ1n) is 14.5. The van der Waals surface area contributed by atoms with E-state index in [-0.39, 0.29) is 24.1 Å². The second kappa shape index (κ2) is 10.4. The maximum absolute atomic E-state index is 14.0. The van der Waals surface area contributed by atoms with E-state index >= 15 is 0 Å². The smallest absolute Gasteiger partial charge is 0.154 e. The number of anilines is 2. The van der Waals surface area contributed by atoms with Crippen LogP contribution in [0.15, 0.2) is 60.8 Å². The molecule has 208 valence electrons. The topological polar surface area (TPSA) is 62.0 Å². The maximum atomic E-state index is 14.0. The Bertz CT molecular complexity index is 1500. The fraction of sp³-hybridized carbons (Fsp3) is 0.452. The lowest BCUT2D eigenvalue weighted by Gasteiger charge is -2.38. The Hall–Kier alpha value is -3.56. The highest BCUT2D eigenvalue weighted by atomic mass is 19.1. The zero-order chi connectivity index (χ0) is 27.2. The first-order chi connectivity index (χ1) is 19.5. The van der Waals surface area contributed by atoms with Crippen molar-refractivity contribution in [2.75, 3.05) is 42.5 Å². The van der Waals surface area contributed by atoms with Gasteiger partial charge in [0, 0.05) is 38.8 Å². The van der Waals surface area contributed by atoms with Crippen LogP contribution in [0.4, 0.5) is 16.0 Å². The molecule has 0 N–H and O–H groups in total. The van der Waals surface area contributed by atoms with Crippen LogP contribution in [0.2, 0.25) is 0 Å². The highest BCUT2D eigenvalue weighted by Crippen LogP contribution is 2.36. The molecule has 0 spiro atoms. The molecule has 4 atom stereocenters. The van der Waals surface area contributed by atoms with Gasteiger partial charge in [0.25, 0.3) is 0 Å². The van der Waals surface area contributed by atoms with E-state index in [2.05, 4.69) is 45.7 Å². The number of fused-ring (bicyclic) bond motifs is 1. The Balaban J connectivity index is 1.14. The van der Waals surface area contributed by atoms with Gasteiger partial charge in [-0.15, -0.1) is 5.10 Å². The minimum absolute atomic E-state index is 0.106. The molecule has 8 nitrogen and oxygen atoms in total. The molecule has 2 unspecified atom stereocenters. The van der Waals surface area contributed by atoms with Crippen LogP contribution in [-0.4, -0.2) is 75.5 Å². The van der Waals surface area contributed by atoms with Gasteiger partial charge in [0.1, 0.15) is 23.1 Å². The summed E-state index contributed by atoms with van der Waals surface area (Å²) < 4.78 is 21.8. The Morgan fingerprint density at radius 1 is 0.900 bits per heavy atom. The summed E-state index contributed by atoms with van der Waals surface area (Å²) in [6, 6.07) is 17.8. The molecule has 7 rings (SSSR count). The van der Waals surface area contributed by atoms with Gasteiger partial charge in [-0.25, -0.2) is 18.9 Å². The average Bonchev–Trinajstić information content (AvgIpc) is 3.72. The molecule has 1 aromatic carbocycles. The molecule has 3 aromatic heterocycles. The molecule has 0 bridgehead atoms. The van der Waals surface area contributed by atoms with Crippen LogP contribution in [0.5, 0.6) is 0 Å². The van der Waals surface area contributed by atoms with Crippen LogP contribution in [0.1, 0.15) is 44.7 Å². The van der Waals surface area contributed by atoms with E-state index in [1.54, 1.807) is 12.1 Å². The molecule has 0 radical (unpaired) electrons. The number of ether oxygens (including phenoxy) is 1. The van der Waals surface area contributed by atoms with Crippen molar-refractivity contribution in [1.82, 2.24) is 24.5 Å². The van der Waals surface area contributed by atoms with Gasteiger partial charge < -0.3 is 14.5 Å². The van der Waals surface area contributed by atoms with E-state index in [4.69, 9.17) is 14.8 Å². The Kier molecular flexibility index (Phi) is 6.64. The molecule has 0 amide bonds. The number of benzene rings is 1. The third-order valence-corrected chi connectivity index (χ3v) is 8.58. The normalized spacial score (nSPS) is 25.8. The third kappa shape index (κ3) is 4.81. The Morgan fingerprint density at radius 3 is 2.60 bits per heavy atom. The molecule has 9 heteroatoms. The predicted octanol–water partition coefficient (Wildman–Crippen LogP) is 4.96. The van der Waals surface area contributed by atoms with Crippen molar-refractivity contribution in [2.45, 2.75) is 57.4 Å². The molecule has 3 aliphatic rings. The van der Waals surface area contributed by atoms with Gasteiger partial charge in [0.05, 0.1) is 30.1 Å². The van der Waals surface area contributed by atoms with Crippen molar-refractivity contribution in [3.8, 4) is 11.4 Å². The Labute approximate surface area is 234 Å². The van der Waals surface area contributed by atoms with Gasteiger partial charge in [0.2, 0.25) is 0 Å². The van der Waals surface area contributed by atoms with Crippen LogP contribution < -0.4 is 9.80 Å². The van der Waals surface area contributed by atoms with Crippen LogP contribution in [0, 0.1) is 5.82 Å². The molecular weight excluding hydrogens is 505 g/mol. The number of morpholine rings is 1. The zero-order valence-electron chi connectivity index (χ0n) is 23.2. The van der Waals surface area contributed by atoms with Gasteiger partial charge in [-0.2, -0.15) is 0 Å². The Morgan fingerprint density at radius 2 is 1.75 bits per heavy atom. The molecule has 0 aliphatic carbocycles. The SMILES string of the molecule is C[C@@H]1CN(C2CCN(c3cccc(-c4cnc5ccc(N6CCCC6c6cccc(F)c6)nn45)n3)C2)C[C@H](C)O1. The fourth-order valence-electron chi connectivity index (χ4n) is 6.80. The molecule has 3 saturated heterocycles. The summed E-state index contributed by atoms with van der Waals surface area (Å²) in [4.78, 5) is 17.0. The monoisotopic (exact) mass is 541 g/mol. The summed E-state index contributed by atoms with van der Waals surface area (Å²) >= 11 is 0. The second-order valence-electron chi connectivity index (χ2n) is 11.5. The summed E-state index contributed by atoms with van der Waals surface area (Å²) in [5.74, 6) is 1.66. The minimum atomic E-state index is -0.200. The number of hydrogen-bond acceptors (Lipinski definition) is 7. The number of halogens is 1. The molecular formula is C31H36FN7O. The van der Waals surface area contributed by atoms with Gasteiger partial charge in [-0.3, -0.25) is 4.90 Å². The number of nitrogens with zero attached hydrogens (tertiary/aromatic N) is 7. The first kappa shape index (κ1) is 25.4. The molecule has 0 saturated carbocycles. The highest BCUT2D eigenvalue weighted by molar-refractivity contribution is 5.63. The summed E-state index contributed by atoms with van der Waals surface area (Å²) in [5.41, 5.74) is 3.50. The van der Waals surface area contributed by atoms with E-state index in [0.29, 0.717) is 6.04 Å². The van der Waals surface area contributed by atoms with Crippen molar-refractivity contribution in [2.24, 2.45) is 0 Å². The predicted molar refractivity (Wildman–Crippen MR) is 154 cm³/mol. The van der Waals surface area contributed by atoms with Gasteiger partial charge in [-0.1, -0.05) is 18.2 Å². The number of pyridine rings is 1. The van der Waals surface area contributed by atoms with E-state index in [0.717, 1.165) is 86.2 Å². The number of rotatable bonds is 5. The summed E-state index contributed by atoms with van der Waals surface area (Å²) in [5, 5.41) is 5.02. The van der Waals surface area contributed by atoms with Crippen LogP contribution in [-0.2, 0) is 4.74 Å². The van der Waals surface area contributed by atoms with Crippen LogP contribution in [0.3, 0.4) is 0 Å². The largest absolute Gasteiger partial charge is 0.373 e. The molecule has 4 aromatic rings. The fourth-order valence-corrected chi connectivity index (χ4v) is 6.80. The highest BCUT2D eigenvalue weighted by Gasteiger charge is 2.33. The van der Waals surface area contributed by atoms with E-state index < -0.39 is 0 Å². The van der Waals surface area contributed by atoms with Gasteiger partial charge >= 0.3 is 0 Å². The van der Waals surface area contributed by atoms with E-state index in [1.165, 1.54) is 6.07 Å². The van der Waals surface area contributed by atoms with Gasteiger partial charge in [-0.05, 0) is 75.1 Å². The number of hydrogen-bond donors (Lipinski definition) is 0. The maximum Gasteiger partial charge on any atom is 0.154 e. The lowest BCUT2D eigenvalue weighted by Crippen LogP contribution is -2.50. The van der Waals surface area contributed by atoms with Gasteiger partial charge in [0.15, 0.2) is 5.65 Å².